The standard InChI is InChI=1S/C31H31ClF3NO5.C30H29ClF3NO5.Na/c1-40-27(39)18-20-11-15-22(16-12-20)21-13-9-19(10-14-21)17-23(37)5-4-8-26(38)28-29(31(33,34)35)41-30(36-28)24-6-2-3-7-25(24)32;31-24-6-2-1-5-23(24)29-35-27(28(40-29)30(32,33)34)25(37)7-3-4-22(36)16-18-8-12-20(13-9-18)21-14-10-19(11-15-21)17-26(38)39;/h2-3,6-7,9-10,13-14,20,22H,4-5,8,11-12,15-18H2,1H3;1-2,5-6,8-9,12-13,19,21H,3-4,7,10-11,14-17H2,(H,38,39);/q;;+1/p-1. The van der Waals surface area contributed by atoms with Crippen LogP contribution in [0.15, 0.2) is 106 Å². The molecule has 0 N–H and O–H groups in total. The Morgan fingerprint density at radius 1 is 0.549 bits per heavy atom. The molecule has 0 bridgehead atoms. The van der Waals surface area contributed by atoms with Crippen LogP contribution in [0.2, 0.25) is 10.0 Å². The van der Waals surface area contributed by atoms with Crippen molar-refractivity contribution < 1.29 is 103 Å². The maximum atomic E-state index is 13.6. The van der Waals surface area contributed by atoms with E-state index in [-0.39, 0.29) is 138 Å². The number of esters is 1. The Hall–Kier alpha value is -5.92. The molecule has 2 saturated carbocycles. The van der Waals surface area contributed by atoms with Gasteiger partial charge in [0.25, 0.3) is 0 Å². The fourth-order valence-electron chi connectivity index (χ4n) is 10.4. The summed E-state index contributed by atoms with van der Waals surface area (Å²) in [5, 5.41) is 11.1. The first-order valence-electron chi connectivity index (χ1n) is 26.8. The Morgan fingerprint density at radius 3 is 1.26 bits per heavy atom. The van der Waals surface area contributed by atoms with Gasteiger partial charge in [0.15, 0.2) is 23.0 Å². The molecule has 0 spiro atoms. The molecule has 430 valence electrons. The van der Waals surface area contributed by atoms with Crippen molar-refractivity contribution in [2.24, 2.45) is 11.8 Å². The Balaban J connectivity index is 0.000000261. The van der Waals surface area contributed by atoms with Gasteiger partial charge < -0.3 is 23.5 Å². The molecular weight excluding hydrogens is 1130 g/mol. The van der Waals surface area contributed by atoms with Crippen LogP contribution in [-0.2, 0) is 49.1 Å². The van der Waals surface area contributed by atoms with Crippen molar-refractivity contribution >= 4 is 58.3 Å². The molecule has 0 amide bonds. The van der Waals surface area contributed by atoms with Crippen molar-refractivity contribution in [1.82, 2.24) is 9.97 Å². The summed E-state index contributed by atoms with van der Waals surface area (Å²) in [5.74, 6) is -5.57. The number of hydrogen-bond donors (Lipinski definition) is 0. The van der Waals surface area contributed by atoms with Gasteiger partial charge in [-0.15, -0.1) is 0 Å². The van der Waals surface area contributed by atoms with Gasteiger partial charge in [-0.2, -0.15) is 26.3 Å². The molecule has 4 aromatic carbocycles. The second-order valence-corrected chi connectivity index (χ2v) is 21.4. The van der Waals surface area contributed by atoms with Crippen LogP contribution in [0.3, 0.4) is 0 Å². The summed E-state index contributed by atoms with van der Waals surface area (Å²) in [6, 6.07) is 27.8. The number of aromatic nitrogens is 2. The number of benzene rings is 4. The number of ketones is 4. The molecule has 6 aromatic rings. The van der Waals surface area contributed by atoms with Crippen LogP contribution < -0.4 is 34.7 Å². The molecule has 0 aliphatic heterocycles. The first-order chi connectivity index (χ1) is 38.6. The van der Waals surface area contributed by atoms with E-state index in [9.17, 15) is 60.2 Å². The van der Waals surface area contributed by atoms with Crippen LogP contribution in [0.25, 0.3) is 22.9 Å². The fourth-order valence-corrected chi connectivity index (χ4v) is 10.9. The molecule has 2 fully saturated rings. The normalized spacial score (nSPS) is 17.2. The predicted molar refractivity (Wildman–Crippen MR) is 286 cm³/mol. The third-order valence-electron chi connectivity index (χ3n) is 14.8. The van der Waals surface area contributed by atoms with E-state index < -0.39 is 58.7 Å². The number of alkyl halides is 6. The molecule has 0 unspecified atom stereocenters. The number of rotatable bonds is 22. The second-order valence-electron chi connectivity index (χ2n) is 20.6. The quantitative estimate of drug-likeness (QED) is 0.0271. The van der Waals surface area contributed by atoms with Gasteiger partial charge >= 0.3 is 47.9 Å². The fraction of sp³-hybridized carbons (Fsp3) is 0.410. The van der Waals surface area contributed by atoms with E-state index in [1.54, 1.807) is 24.3 Å². The van der Waals surface area contributed by atoms with Crippen LogP contribution in [0.5, 0.6) is 0 Å². The number of Topliss-reactive ketones (excluding diaryl/α,β-unsaturated/α-hetero) is 4. The molecule has 2 aliphatic carbocycles. The van der Waals surface area contributed by atoms with Gasteiger partial charge in [0.2, 0.25) is 23.3 Å². The largest absolute Gasteiger partial charge is 1.00 e. The maximum absolute atomic E-state index is 13.6. The Bertz CT molecular complexity index is 3160. The Labute approximate surface area is 502 Å². The van der Waals surface area contributed by atoms with Crippen LogP contribution in [0.4, 0.5) is 26.3 Å². The van der Waals surface area contributed by atoms with Gasteiger partial charge in [-0.05, 0) is 141 Å². The van der Waals surface area contributed by atoms with Gasteiger partial charge in [0.1, 0.15) is 11.6 Å². The topological polar surface area (TPSA) is 187 Å². The smallest absolute Gasteiger partial charge is 0.550 e. The zero-order valence-corrected chi connectivity index (χ0v) is 48.8. The number of ether oxygens (including phenoxy) is 1. The summed E-state index contributed by atoms with van der Waals surface area (Å²) >= 11 is 12.1. The average molecular weight is 1190 g/mol. The number of hydrogen-bond acceptors (Lipinski definition) is 12. The molecular formula is C61H59Cl2F6N2NaO10. The maximum Gasteiger partial charge on any atom is 1.00 e. The van der Waals surface area contributed by atoms with E-state index in [2.05, 4.69) is 9.97 Å². The number of methoxy groups -OCH3 is 1. The first kappa shape index (κ1) is 65.2. The molecule has 21 heteroatoms. The molecule has 0 radical (unpaired) electrons. The molecule has 2 aromatic heterocycles. The minimum Gasteiger partial charge on any atom is -0.550 e. The van der Waals surface area contributed by atoms with Gasteiger partial charge in [0.05, 0.1) is 28.3 Å². The molecule has 2 heterocycles. The van der Waals surface area contributed by atoms with Crippen molar-refractivity contribution in [3.63, 3.8) is 0 Å². The van der Waals surface area contributed by atoms with E-state index in [0.717, 1.165) is 68.1 Å². The van der Waals surface area contributed by atoms with Crippen LogP contribution in [0, 0.1) is 11.8 Å². The van der Waals surface area contributed by atoms with E-state index >= 15 is 0 Å². The molecule has 82 heavy (non-hydrogen) atoms. The van der Waals surface area contributed by atoms with Crippen molar-refractivity contribution in [2.75, 3.05) is 7.11 Å². The third-order valence-corrected chi connectivity index (χ3v) is 15.4. The molecule has 8 rings (SSSR count). The number of carbonyl (C=O) groups excluding carboxylic acids is 6. The molecule has 0 saturated heterocycles. The van der Waals surface area contributed by atoms with E-state index in [0.29, 0.717) is 24.2 Å². The summed E-state index contributed by atoms with van der Waals surface area (Å²) in [5.41, 5.74) is 2.65. The third kappa shape index (κ3) is 18.5. The van der Waals surface area contributed by atoms with Crippen molar-refractivity contribution in [3.8, 4) is 22.9 Å². The molecule has 12 nitrogen and oxygen atoms in total. The van der Waals surface area contributed by atoms with E-state index in [1.165, 1.54) is 36.9 Å². The monoisotopic (exact) mass is 1190 g/mol. The summed E-state index contributed by atoms with van der Waals surface area (Å²) in [6.45, 7) is 0. The van der Waals surface area contributed by atoms with Crippen LogP contribution >= 0.6 is 23.2 Å². The van der Waals surface area contributed by atoms with E-state index in [4.69, 9.17) is 36.8 Å². The number of oxazole rings is 2. The molecule has 0 atom stereocenters. The molecule has 2 aliphatic rings. The summed E-state index contributed by atoms with van der Waals surface area (Å²) in [7, 11) is 1.41. The van der Waals surface area contributed by atoms with Crippen molar-refractivity contribution in [3.05, 3.63) is 152 Å². The minimum absolute atomic E-state index is 0. The number of aliphatic carboxylic acids is 1. The van der Waals surface area contributed by atoms with Crippen molar-refractivity contribution in [1.29, 1.82) is 0 Å². The van der Waals surface area contributed by atoms with Gasteiger partial charge in [-0.3, -0.25) is 24.0 Å². The number of carbonyl (C=O) groups is 6. The zero-order valence-electron chi connectivity index (χ0n) is 45.3. The summed E-state index contributed by atoms with van der Waals surface area (Å²) < 4.78 is 95.9. The first-order valence-corrected chi connectivity index (χ1v) is 27.5. The predicted octanol–water partition coefficient (Wildman–Crippen LogP) is 11.6. The number of halogens is 8. The summed E-state index contributed by atoms with van der Waals surface area (Å²) in [6.07, 6.45) is -1.81. The number of nitrogens with zero attached hydrogens (tertiary/aromatic N) is 2. The number of carboxylic acid groups (broad SMARTS) is 1. The average Bonchev–Trinajstić information content (AvgIpc) is 4.29. The van der Waals surface area contributed by atoms with Crippen molar-refractivity contribution in [2.45, 2.75) is 140 Å². The SMILES string of the molecule is COC(=O)CC1CCC(c2ccc(CC(=O)CCCC(=O)c3nc(-c4ccccc4Cl)oc3C(F)(F)F)cc2)CC1.O=C([O-])CC1CCC(c2ccc(CC(=O)CCCC(=O)c3nc(-c4ccccc4Cl)oc3C(F)(F)F)cc2)CC1.[Na+]. The van der Waals surface area contributed by atoms with Gasteiger partial charge in [0, 0.05) is 50.9 Å². The van der Waals surface area contributed by atoms with Crippen LogP contribution in [0.1, 0.15) is 169 Å². The minimum atomic E-state index is -4.92. The van der Waals surface area contributed by atoms with Crippen LogP contribution in [-0.4, -0.2) is 52.1 Å². The zero-order chi connectivity index (χ0) is 58.4. The Kier molecular flexibility index (Phi) is 23.9. The summed E-state index contributed by atoms with van der Waals surface area (Å²) in [4.78, 5) is 80.3. The number of carboxylic acids is 1. The second kappa shape index (κ2) is 30.1. The Morgan fingerprint density at radius 2 is 0.915 bits per heavy atom. The van der Waals surface area contributed by atoms with Gasteiger partial charge in [-0.1, -0.05) is 96.0 Å². The van der Waals surface area contributed by atoms with E-state index in [1.807, 2.05) is 48.5 Å². The van der Waals surface area contributed by atoms with Gasteiger partial charge in [-0.25, -0.2) is 9.97 Å².